The van der Waals surface area contributed by atoms with Crippen LogP contribution in [0.2, 0.25) is 0 Å². The molecule has 0 aromatic carbocycles. The standard InChI is InChI=1S/C10H23NO/c1-4-6-9(5-2)7-10(8-12)11-3/h9-12H,4-8H2,1-3H3. The van der Waals surface area contributed by atoms with Crippen molar-refractivity contribution in [2.75, 3.05) is 13.7 Å². The third-order valence-corrected chi connectivity index (χ3v) is 2.52. The van der Waals surface area contributed by atoms with Crippen molar-refractivity contribution in [2.45, 2.75) is 45.6 Å². The van der Waals surface area contributed by atoms with Crippen molar-refractivity contribution in [1.82, 2.24) is 5.32 Å². The molecule has 0 rings (SSSR count). The van der Waals surface area contributed by atoms with Gasteiger partial charge in [-0.1, -0.05) is 33.1 Å². The summed E-state index contributed by atoms with van der Waals surface area (Å²) in [6.07, 6.45) is 4.87. The molecule has 2 heteroatoms. The molecule has 0 aromatic heterocycles. The SMILES string of the molecule is CCCC(CC)CC(CO)NC. The number of hydrogen-bond acceptors (Lipinski definition) is 2. The molecule has 0 aromatic rings. The van der Waals surface area contributed by atoms with Crippen LogP contribution in [0.15, 0.2) is 0 Å². The van der Waals surface area contributed by atoms with Gasteiger partial charge in [0, 0.05) is 6.04 Å². The number of likely N-dealkylation sites (N-methyl/N-ethyl adjacent to an activating group) is 1. The van der Waals surface area contributed by atoms with Crippen molar-refractivity contribution in [2.24, 2.45) is 5.92 Å². The fourth-order valence-corrected chi connectivity index (χ4v) is 1.58. The Morgan fingerprint density at radius 2 is 2.00 bits per heavy atom. The molecule has 2 N–H and O–H groups in total. The molecule has 0 saturated heterocycles. The second-order valence-electron chi connectivity index (χ2n) is 3.47. The van der Waals surface area contributed by atoms with E-state index in [9.17, 15) is 0 Å². The first kappa shape index (κ1) is 11.9. The van der Waals surface area contributed by atoms with Gasteiger partial charge < -0.3 is 10.4 Å². The Morgan fingerprint density at radius 1 is 1.33 bits per heavy atom. The molecule has 0 saturated carbocycles. The fraction of sp³-hybridized carbons (Fsp3) is 1.00. The molecule has 0 spiro atoms. The molecule has 0 amide bonds. The van der Waals surface area contributed by atoms with Crippen molar-refractivity contribution in [3.05, 3.63) is 0 Å². The quantitative estimate of drug-likeness (QED) is 0.615. The predicted octanol–water partition coefficient (Wildman–Crippen LogP) is 1.78. The largest absolute Gasteiger partial charge is 0.395 e. The zero-order valence-electron chi connectivity index (χ0n) is 8.64. The van der Waals surface area contributed by atoms with E-state index in [1.165, 1.54) is 19.3 Å². The second kappa shape index (κ2) is 7.56. The zero-order valence-corrected chi connectivity index (χ0v) is 8.64. The van der Waals surface area contributed by atoms with Crippen LogP contribution in [0.1, 0.15) is 39.5 Å². The fourth-order valence-electron chi connectivity index (χ4n) is 1.58. The van der Waals surface area contributed by atoms with Crippen molar-refractivity contribution in [1.29, 1.82) is 0 Å². The Hall–Kier alpha value is -0.0800. The molecule has 0 aliphatic rings. The van der Waals surface area contributed by atoms with Crippen LogP contribution >= 0.6 is 0 Å². The summed E-state index contributed by atoms with van der Waals surface area (Å²) in [6, 6.07) is 0.293. The van der Waals surface area contributed by atoms with Gasteiger partial charge in [-0.15, -0.1) is 0 Å². The van der Waals surface area contributed by atoms with E-state index in [0.29, 0.717) is 6.04 Å². The highest BCUT2D eigenvalue weighted by molar-refractivity contribution is 4.68. The summed E-state index contributed by atoms with van der Waals surface area (Å²) in [5, 5.41) is 12.1. The van der Waals surface area contributed by atoms with Crippen LogP contribution in [0.25, 0.3) is 0 Å². The van der Waals surface area contributed by atoms with E-state index in [-0.39, 0.29) is 6.61 Å². The highest BCUT2D eigenvalue weighted by atomic mass is 16.3. The summed E-state index contributed by atoms with van der Waals surface area (Å²) in [5.74, 6) is 0.777. The van der Waals surface area contributed by atoms with Gasteiger partial charge in [-0.2, -0.15) is 0 Å². The molecule has 2 nitrogen and oxygen atoms in total. The molecule has 12 heavy (non-hydrogen) atoms. The molecule has 0 fully saturated rings. The Morgan fingerprint density at radius 3 is 2.33 bits per heavy atom. The minimum Gasteiger partial charge on any atom is -0.395 e. The van der Waals surface area contributed by atoms with E-state index in [1.54, 1.807) is 0 Å². The van der Waals surface area contributed by atoms with Gasteiger partial charge >= 0.3 is 0 Å². The van der Waals surface area contributed by atoms with E-state index in [1.807, 2.05) is 7.05 Å². The molecule has 2 unspecified atom stereocenters. The van der Waals surface area contributed by atoms with Crippen molar-refractivity contribution in [3.63, 3.8) is 0 Å². The minimum atomic E-state index is 0.261. The molecule has 0 heterocycles. The van der Waals surface area contributed by atoms with Crippen LogP contribution < -0.4 is 5.32 Å². The van der Waals surface area contributed by atoms with Gasteiger partial charge in [0.1, 0.15) is 0 Å². The zero-order chi connectivity index (χ0) is 9.40. The Kier molecular flexibility index (Phi) is 7.51. The first-order valence-corrected chi connectivity index (χ1v) is 5.06. The second-order valence-corrected chi connectivity index (χ2v) is 3.47. The Labute approximate surface area is 76.4 Å². The topological polar surface area (TPSA) is 32.3 Å². The van der Waals surface area contributed by atoms with Crippen molar-refractivity contribution < 1.29 is 5.11 Å². The molecular formula is C10H23NO. The van der Waals surface area contributed by atoms with Crippen LogP contribution in [-0.4, -0.2) is 24.8 Å². The van der Waals surface area contributed by atoms with Crippen LogP contribution in [0, 0.1) is 5.92 Å². The van der Waals surface area contributed by atoms with Crippen molar-refractivity contribution in [3.8, 4) is 0 Å². The maximum absolute atomic E-state index is 8.98. The van der Waals surface area contributed by atoms with E-state index in [2.05, 4.69) is 19.2 Å². The van der Waals surface area contributed by atoms with Gasteiger partial charge in [-0.05, 0) is 19.4 Å². The Bertz CT molecular complexity index is 91.8. The molecule has 0 radical (unpaired) electrons. The van der Waals surface area contributed by atoms with Gasteiger partial charge in [0.05, 0.1) is 6.61 Å². The monoisotopic (exact) mass is 173 g/mol. The van der Waals surface area contributed by atoms with E-state index < -0.39 is 0 Å². The van der Waals surface area contributed by atoms with Crippen molar-refractivity contribution >= 4 is 0 Å². The number of rotatable bonds is 7. The first-order chi connectivity index (χ1) is 5.78. The smallest absolute Gasteiger partial charge is 0.0584 e. The minimum absolute atomic E-state index is 0.261. The number of nitrogens with one attached hydrogen (secondary N) is 1. The van der Waals surface area contributed by atoms with E-state index >= 15 is 0 Å². The van der Waals surface area contributed by atoms with Gasteiger partial charge in [-0.25, -0.2) is 0 Å². The van der Waals surface area contributed by atoms with Gasteiger partial charge in [0.15, 0.2) is 0 Å². The van der Waals surface area contributed by atoms with Gasteiger partial charge in [0.2, 0.25) is 0 Å². The first-order valence-electron chi connectivity index (χ1n) is 5.06. The molecule has 0 aliphatic carbocycles. The van der Waals surface area contributed by atoms with Crippen LogP contribution in [-0.2, 0) is 0 Å². The summed E-state index contributed by atoms with van der Waals surface area (Å²) >= 11 is 0. The highest BCUT2D eigenvalue weighted by Crippen LogP contribution is 2.16. The highest BCUT2D eigenvalue weighted by Gasteiger charge is 2.11. The maximum Gasteiger partial charge on any atom is 0.0584 e. The van der Waals surface area contributed by atoms with E-state index in [4.69, 9.17) is 5.11 Å². The average Bonchev–Trinajstić information content (AvgIpc) is 2.12. The van der Waals surface area contributed by atoms with Crippen LogP contribution in [0.5, 0.6) is 0 Å². The summed E-state index contributed by atoms with van der Waals surface area (Å²) in [4.78, 5) is 0. The van der Waals surface area contributed by atoms with Gasteiger partial charge in [0.25, 0.3) is 0 Å². The van der Waals surface area contributed by atoms with Gasteiger partial charge in [-0.3, -0.25) is 0 Å². The summed E-state index contributed by atoms with van der Waals surface area (Å²) in [5.41, 5.74) is 0. The predicted molar refractivity (Wildman–Crippen MR) is 53.2 cm³/mol. The lowest BCUT2D eigenvalue weighted by Crippen LogP contribution is -2.31. The number of aliphatic hydroxyl groups excluding tert-OH is 1. The summed E-state index contributed by atoms with van der Waals surface area (Å²) in [6.45, 7) is 4.71. The third kappa shape index (κ3) is 4.73. The molecule has 2 atom stereocenters. The molecule has 74 valence electrons. The lowest BCUT2D eigenvalue weighted by atomic mass is 9.93. The lowest BCUT2D eigenvalue weighted by molar-refractivity contribution is 0.221. The lowest BCUT2D eigenvalue weighted by Gasteiger charge is -2.20. The Balaban J connectivity index is 3.65. The summed E-state index contributed by atoms with van der Waals surface area (Å²) in [7, 11) is 1.92. The van der Waals surface area contributed by atoms with E-state index in [0.717, 1.165) is 12.3 Å². The summed E-state index contributed by atoms with van der Waals surface area (Å²) < 4.78 is 0. The molecular weight excluding hydrogens is 150 g/mol. The van der Waals surface area contributed by atoms with Crippen LogP contribution in [0.4, 0.5) is 0 Å². The normalized spacial score (nSPS) is 16.0. The maximum atomic E-state index is 8.98. The number of aliphatic hydroxyl groups is 1. The number of hydrogen-bond donors (Lipinski definition) is 2. The van der Waals surface area contributed by atoms with Crippen LogP contribution in [0.3, 0.4) is 0 Å². The molecule has 0 aliphatic heterocycles. The molecule has 0 bridgehead atoms. The average molecular weight is 173 g/mol. The third-order valence-electron chi connectivity index (χ3n) is 2.52.